The van der Waals surface area contributed by atoms with E-state index in [4.69, 9.17) is 0 Å². The zero-order chi connectivity index (χ0) is 23.6. The molecular weight excluding hydrogens is 571 g/mol. The molecule has 0 fully saturated rings. The fraction of sp³-hybridized carbons (Fsp3) is 0.133. The van der Waals surface area contributed by atoms with E-state index in [1.807, 2.05) is 0 Å². The van der Waals surface area contributed by atoms with E-state index in [-0.39, 0.29) is 37.4 Å². The van der Waals surface area contributed by atoms with Crippen molar-refractivity contribution in [3.05, 3.63) is 156 Å². The van der Waals surface area contributed by atoms with Crippen molar-refractivity contribution in [1.29, 1.82) is 0 Å². The van der Waals surface area contributed by atoms with Gasteiger partial charge in [-0.1, -0.05) is 85.6 Å². The second-order valence-corrected chi connectivity index (χ2v) is 7.32. The summed E-state index contributed by atoms with van der Waals surface area (Å²) >= 11 is 0. The van der Waals surface area contributed by atoms with Gasteiger partial charge in [0.05, 0.1) is 0 Å². The Hall–Kier alpha value is -2.91. The SMILES string of the molecule is C=C(C)[O-].C=C(C)[O-].[Hf+4].c1ccc(C[c-]2cccc2)cc1.c1ccc(C[c-]2cccc2)cc1. The molecule has 0 aliphatic rings. The Bertz CT molecular complexity index is 879. The first kappa shape index (κ1) is 30.1. The molecule has 3 heteroatoms. The van der Waals surface area contributed by atoms with Crippen LogP contribution in [0.4, 0.5) is 0 Å². The van der Waals surface area contributed by atoms with Crippen LogP contribution >= 0.6 is 0 Å². The molecule has 0 aliphatic carbocycles. The Morgan fingerprint density at radius 3 is 1.06 bits per heavy atom. The summed E-state index contributed by atoms with van der Waals surface area (Å²) in [4.78, 5) is 0. The van der Waals surface area contributed by atoms with Crippen LogP contribution in [0.15, 0.2) is 134 Å². The molecule has 0 heterocycles. The van der Waals surface area contributed by atoms with Crippen molar-refractivity contribution >= 4 is 0 Å². The number of hydrogen-bond acceptors (Lipinski definition) is 2. The maximum atomic E-state index is 9.33. The van der Waals surface area contributed by atoms with Gasteiger partial charge in [-0.2, -0.15) is 35.4 Å². The first-order valence-corrected chi connectivity index (χ1v) is 10.5. The van der Waals surface area contributed by atoms with Crippen LogP contribution in [-0.2, 0) is 38.7 Å². The number of hydrogen-bond donors (Lipinski definition) is 0. The Kier molecular flexibility index (Phi) is 17.0. The van der Waals surface area contributed by atoms with Gasteiger partial charge in [0.1, 0.15) is 0 Å². The van der Waals surface area contributed by atoms with Crippen LogP contribution in [0.2, 0.25) is 0 Å². The molecule has 0 N–H and O–H groups in total. The van der Waals surface area contributed by atoms with E-state index in [1.165, 1.54) is 36.1 Å². The maximum absolute atomic E-state index is 9.33. The Morgan fingerprint density at radius 2 is 0.818 bits per heavy atom. The molecule has 0 atom stereocenters. The van der Waals surface area contributed by atoms with Crippen LogP contribution in [0, 0.1) is 0 Å². The summed E-state index contributed by atoms with van der Waals surface area (Å²) in [7, 11) is 0. The molecule has 0 aliphatic heterocycles. The summed E-state index contributed by atoms with van der Waals surface area (Å²) < 4.78 is 0. The van der Waals surface area contributed by atoms with Gasteiger partial charge in [0.15, 0.2) is 0 Å². The first-order chi connectivity index (χ1) is 15.4. The van der Waals surface area contributed by atoms with Gasteiger partial charge in [-0.25, -0.2) is 24.3 Å². The fourth-order valence-corrected chi connectivity index (χ4v) is 2.73. The van der Waals surface area contributed by atoms with E-state index >= 15 is 0 Å². The molecule has 2 nitrogen and oxygen atoms in total. The average Bonchev–Trinajstić information content (AvgIpc) is 3.44. The standard InChI is InChI=1S/2C12H11.2C3H6O.Hf/c2*1-2-6-11(7-3-1)10-12-8-4-5-9-12;2*1-3(2)4;/h2*1-9H,10H2;2*4H,1H2,2H3;/q2*-1;;;+4/p-2. The van der Waals surface area contributed by atoms with Crippen LogP contribution in [0.1, 0.15) is 36.1 Å². The van der Waals surface area contributed by atoms with Gasteiger partial charge in [0.25, 0.3) is 0 Å². The van der Waals surface area contributed by atoms with Crippen molar-refractivity contribution in [3.8, 4) is 0 Å². The molecule has 4 rings (SSSR count). The summed E-state index contributed by atoms with van der Waals surface area (Å²) in [5, 5.41) is 18.7. The van der Waals surface area contributed by atoms with E-state index in [9.17, 15) is 10.2 Å². The Balaban J connectivity index is 0.000000462. The molecule has 4 aromatic carbocycles. The summed E-state index contributed by atoms with van der Waals surface area (Å²) in [5.74, 6) is -0.167. The minimum Gasteiger partial charge on any atom is -0.876 e. The van der Waals surface area contributed by atoms with Gasteiger partial charge >= 0.3 is 25.8 Å². The second-order valence-electron chi connectivity index (χ2n) is 7.32. The van der Waals surface area contributed by atoms with Crippen molar-refractivity contribution in [2.45, 2.75) is 26.7 Å². The van der Waals surface area contributed by atoms with Crippen LogP contribution in [0.3, 0.4) is 0 Å². The molecule has 0 unspecified atom stereocenters. The molecule has 0 radical (unpaired) electrons. The smallest absolute Gasteiger partial charge is 0.876 e. The predicted molar refractivity (Wildman–Crippen MR) is 132 cm³/mol. The van der Waals surface area contributed by atoms with Crippen molar-refractivity contribution in [3.63, 3.8) is 0 Å². The molecule has 168 valence electrons. The minimum atomic E-state index is -0.0833. The van der Waals surface area contributed by atoms with Gasteiger partial charge in [-0.3, -0.25) is 0 Å². The quantitative estimate of drug-likeness (QED) is 0.170. The van der Waals surface area contributed by atoms with Gasteiger partial charge in [0.2, 0.25) is 0 Å². The zero-order valence-electron chi connectivity index (χ0n) is 19.5. The normalized spacial score (nSPS) is 8.79. The van der Waals surface area contributed by atoms with Crippen molar-refractivity contribution in [2.24, 2.45) is 0 Å². The number of rotatable bonds is 4. The van der Waals surface area contributed by atoms with Gasteiger partial charge in [-0.15, -0.1) is 24.7 Å². The summed E-state index contributed by atoms with van der Waals surface area (Å²) in [6.07, 6.45) is 2.10. The summed E-state index contributed by atoms with van der Waals surface area (Å²) in [6.45, 7) is 8.83. The van der Waals surface area contributed by atoms with E-state index < -0.39 is 0 Å². The van der Waals surface area contributed by atoms with Gasteiger partial charge in [0, 0.05) is 0 Å². The summed E-state index contributed by atoms with van der Waals surface area (Å²) in [6, 6.07) is 38.0. The second kappa shape index (κ2) is 18.6. The number of allylic oxidation sites excluding steroid dienone is 2. The summed E-state index contributed by atoms with van der Waals surface area (Å²) in [5.41, 5.74) is 5.54. The zero-order valence-corrected chi connectivity index (χ0v) is 23.1. The fourth-order valence-electron chi connectivity index (χ4n) is 2.73. The van der Waals surface area contributed by atoms with E-state index in [0.717, 1.165) is 12.8 Å². The van der Waals surface area contributed by atoms with Crippen LogP contribution < -0.4 is 10.2 Å². The molecule has 4 aromatic rings. The van der Waals surface area contributed by atoms with Crippen LogP contribution in [0.25, 0.3) is 0 Å². The average molecular weight is 603 g/mol. The monoisotopic (exact) mass is 604 g/mol. The van der Waals surface area contributed by atoms with Crippen LogP contribution in [-0.4, -0.2) is 0 Å². The Labute approximate surface area is 218 Å². The molecule has 0 saturated heterocycles. The third kappa shape index (κ3) is 17.3. The minimum absolute atomic E-state index is 0. The first-order valence-electron chi connectivity index (χ1n) is 10.5. The van der Waals surface area contributed by atoms with E-state index in [2.05, 4.69) is 122 Å². The molecule has 0 amide bonds. The third-order valence-corrected chi connectivity index (χ3v) is 3.97. The molecule has 0 bridgehead atoms. The molecule has 0 saturated carbocycles. The molecular formula is C30H32HfO2. The van der Waals surface area contributed by atoms with Gasteiger partial charge < -0.3 is 10.2 Å². The number of benzene rings is 2. The van der Waals surface area contributed by atoms with Crippen LogP contribution in [0.5, 0.6) is 0 Å². The topological polar surface area (TPSA) is 46.1 Å². The van der Waals surface area contributed by atoms with Crippen molar-refractivity contribution in [2.75, 3.05) is 0 Å². The Morgan fingerprint density at radius 1 is 0.576 bits per heavy atom. The van der Waals surface area contributed by atoms with E-state index in [0.29, 0.717) is 0 Å². The molecule has 0 aromatic heterocycles. The van der Waals surface area contributed by atoms with Crippen molar-refractivity contribution in [1.82, 2.24) is 0 Å². The van der Waals surface area contributed by atoms with Gasteiger partial charge in [-0.05, 0) is 12.8 Å². The van der Waals surface area contributed by atoms with Crippen molar-refractivity contribution < 1.29 is 36.1 Å². The maximum Gasteiger partial charge on any atom is 4.00 e. The molecule has 0 spiro atoms. The molecule has 33 heavy (non-hydrogen) atoms. The largest absolute Gasteiger partial charge is 4.00 e. The predicted octanol–water partition coefficient (Wildman–Crippen LogP) is 5.75. The van der Waals surface area contributed by atoms with E-state index in [1.54, 1.807) is 0 Å². The third-order valence-electron chi connectivity index (χ3n) is 3.97.